The van der Waals surface area contributed by atoms with Crippen molar-refractivity contribution in [3.05, 3.63) is 42.2 Å². The van der Waals surface area contributed by atoms with Gasteiger partial charge in [0, 0.05) is 11.8 Å². The minimum Gasteiger partial charge on any atom is -0.396 e. The van der Waals surface area contributed by atoms with Gasteiger partial charge in [-0.1, -0.05) is 42.1 Å². The van der Waals surface area contributed by atoms with Crippen LogP contribution in [0.5, 0.6) is 0 Å². The van der Waals surface area contributed by atoms with Crippen molar-refractivity contribution in [3.63, 3.8) is 0 Å². The van der Waals surface area contributed by atoms with Gasteiger partial charge in [-0.05, 0) is 19.4 Å². The molecule has 0 radical (unpaired) electrons. The molecule has 0 fully saturated rings. The summed E-state index contributed by atoms with van der Waals surface area (Å²) in [6, 6.07) is 9.64. The Morgan fingerprint density at radius 3 is 2.58 bits per heavy atom. The first-order valence-electron chi connectivity index (χ1n) is 8.54. The summed E-state index contributed by atoms with van der Waals surface area (Å²) in [6.45, 7) is 4.12. The Kier molecular flexibility index (Phi) is 6.08. The molecule has 2 aromatic heterocycles. The van der Waals surface area contributed by atoms with Gasteiger partial charge in [-0.15, -0.1) is 0 Å². The fourth-order valence-corrected chi connectivity index (χ4v) is 3.24. The Bertz CT molecular complexity index is 853. The van der Waals surface area contributed by atoms with Crippen LogP contribution in [0.4, 0.5) is 5.82 Å². The largest absolute Gasteiger partial charge is 0.396 e. The second-order valence-corrected chi connectivity index (χ2v) is 7.20. The molecular weight excluding hydrogens is 350 g/mol. The molecule has 0 amide bonds. The van der Waals surface area contributed by atoms with Crippen LogP contribution in [0.15, 0.2) is 41.8 Å². The van der Waals surface area contributed by atoms with E-state index < -0.39 is 0 Å². The zero-order valence-corrected chi connectivity index (χ0v) is 15.6. The molecule has 0 spiro atoms. The Morgan fingerprint density at radius 2 is 1.92 bits per heavy atom. The molecule has 0 aliphatic carbocycles. The maximum absolute atomic E-state index is 9.85. The zero-order valence-electron chi connectivity index (χ0n) is 14.8. The van der Waals surface area contributed by atoms with Crippen molar-refractivity contribution in [3.8, 4) is 0 Å². The Morgan fingerprint density at radius 1 is 1.15 bits per heavy atom. The smallest absolute Gasteiger partial charge is 0.191 e. The lowest BCUT2D eigenvalue weighted by molar-refractivity contribution is 0.276. The predicted molar refractivity (Wildman–Crippen MR) is 103 cm³/mol. The van der Waals surface area contributed by atoms with Gasteiger partial charge >= 0.3 is 0 Å². The molecule has 1 aromatic carbocycles. The molecule has 0 aliphatic rings. The summed E-state index contributed by atoms with van der Waals surface area (Å²) < 4.78 is 1.99. The van der Waals surface area contributed by atoms with E-state index in [1.54, 1.807) is 6.33 Å². The van der Waals surface area contributed by atoms with Crippen molar-refractivity contribution in [2.24, 2.45) is 0 Å². The SMILES string of the molecule is CC(C)n1cnc2c(NC(CO)c3ccccc3)nc(SCCO)nc21. The molecule has 1 unspecified atom stereocenters. The van der Waals surface area contributed by atoms with E-state index in [4.69, 9.17) is 5.11 Å². The van der Waals surface area contributed by atoms with Crippen LogP contribution in [0.25, 0.3) is 11.2 Å². The summed E-state index contributed by atoms with van der Waals surface area (Å²) in [7, 11) is 0. The van der Waals surface area contributed by atoms with E-state index in [9.17, 15) is 5.11 Å². The number of hydrogen-bond donors (Lipinski definition) is 3. The topological polar surface area (TPSA) is 96.1 Å². The summed E-state index contributed by atoms with van der Waals surface area (Å²) in [5.41, 5.74) is 2.37. The van der Waals surface area contributed by atoms with Gasteiger partial charge in [0.05, 0.1) is 25.6 Å². The molecule has 138 valence electrons. The van der Waals surface area contributed by atoms with Crippen LogP contribution in [0.2, 0.25) is 0 Å². The number of nitrogens with one attached hydrogen (secondary N) is 1. The Labute approximate surface area is 156 Å². The lowest BCUT2D eigenvalue weighted by Crippen LogP contribution is -2.16. The number of aromatic nitrogens is 4. The third kappa shape index (κ3) is 3.98. The first-order valence-corrected chi connectivity index (χ1v) is 9.53. The number of hydrogen-bond acceptors (Lipinski definition) is 7. The second kappa shape index (κ2) is 8.48. The molecule has 3 aromatic rings. The highest BCUT2D eigenvalue weighted by molar-refractivity contribution is 7.99. The number of anilines is 1. The molecule has 26 heavy (non-hydrogen) atoms. The van der Waals surface area contributed by atoms with Crippen LogP contribution < -0.4 is 5.32 Å². The van der Waals surface area contributed by atoms with Gasteiger partial charge in [-0.25, -0.2) is 15.0 Å². The summed E-state index contributed by atoms with van der Waals surface area (Å²) >= 11 is 1.39. The second-order valence-electron chi connectivity index (χ2n) is 6.13. The number of rotatable bonds is 8. The van der Waals surface area contributed by atoms with E-state index in [1.165, 1.54) is 11.8 Å². The summed E-state index contributed by atoms with van der Waals surface area (Å²) in [4.78, 5) is 13.6. The Balaban J connectivity index is 2.02. The van der Waals surface area contributed by atoms with Crippen molar-refractivity contribution >= 4 is 28.7 Å². The van der Waals surface area contributed by atoms with Crippen molar-refractivity contribution in [1.82, 2.24) is 19.5 Å². The van der Waals surface area contributed by atoms with E-state index >= 15 is 0 Å². The molecular formula is C18H23N5O2S. The average Bonchev–Trinajstić information content (AvgIpc) is 3.09. The third-order valence-electron chi connectivity index (χ3n) is 3.98. The quantitative estimate of drug-likeness (QED) is 0.412. The van der Waals surface area contributed by atoms with Crippen molar-refractivity contribution in [2.45, 2.75) is 31.1 Å². The normalized spacial score (nSPS) is 12.7. The van der Waals surface area contributed by atoms with Gasteiger partial charge in [-0.2, -0.15) is 0 Å². The minimum atomic E-state index is -0.297. The lowest BCUT2D eigenvalue weighted by atomic mass is 10.1. The van der Waals surface area contributed by atoms with Gasteiger partial charge < -0.3 is 20.1 Å². The molecule has 0 saturated heterocycles. The molecule has 7 nitrogen and oxygen atoms in total. The predicted octanol–water partition coefficient (Wildman–Crippen LogP) is 2.64. The number of thioether (sulfide) groups is 1. The van der Waals surface area contributed by atoms with Crippen molar-refractivity contribution in [1.29, 1.82) is 0 Å². The molecule has 0 aliphatic heterocycles. The summed E-state index contributed by atoms with van der Waals surface area (Å²) in [6.07, 6.45) is 1.76. The molecule has 0 saturated carbocycles. The molecule has 8 heteroatoms. The highest BCUT2D eigenvalue weighted by atomic mass is 32.2. The van der Waals surface area contributed by atoms with Gasteiger partial charge in [0.15, 0.2) is 22.1 Å². The lowest BCUT2D eigenvalue weighted by Gasteiger charge is -2.18. The van der Waals surface area contributed by atoms with Crippen LogP contribution in [0.3, 0.4) is 0 Å². The van der Waals surface area contributed by atoms with Gasteiger partial charge in [-0.3, -0.25) is 0 Å². The van der Waals surface area contributed by atoms with Crippen LogP contribution in [0, 0.1) is 0 Å². The number of nitrogens with zero attached hydrogens (tertiary/aromatic N) is 4. The van der Waals surface area contributed by atoms with Gasteiger partial charge in [0.2, 0.25) is 0 Å². The molecule has 2 heterocycles. The van der Waals surface area contributed by atoms with Crippen molar-refractivity contribution < 1.29 is 10.2 Å². The average molecular weight is 373 g/mol. The van der Waals surface area contributed by atoms with Crippen LogP contribution in [-0.2, 0) is 0 Å². The summed E-state index contributed by atoms with van der Waals surface area (Å²) in [5, 5.41) is 22.8. The first kappa shape index (κ1) is 18.6. The highest BCUT2D eigenvalue weighted by Gasteiger charge is 2.18. The fraction of sp³-hybridized carbons (Fsp3) is 0.389. The third-order valence-corrected chi connectivity index (χ3v) is 4.80. The fourth-order valence-electron chi connectivity index (χ4n) is 2.66. The van der Waals surface area contributed by atoms with Crippen LogP contribution in [-0.4, -0.2) is 48.7 Å². The highest BCUT2D eigenvalue weighted by Crippen LogP contribution is 2.28. The number of aliphatic hydroxyl groups is 2. The van der Waals surface area contributed by atoms with E-state index in [1.807, 2.05) is 34.9 Å². The first-order chi connectivity index (χ1) is 12.6. The van der Waals surface area contributed by atoms with E-state index in [2.05, 4.69) is 34.1 Å². The molecule has 1 atom stereocenters. The molecule has 0 bridgehead atoms. The van der Waals surface area contributed by atoms with Crippen LogP contribution in [0.1, 0.15) is 31.5 Å². The minimum absolute atomic E-state index is 0.0571. The number of fused-ring (bicyclic) bond motifs is 1. The van der Waals surface area contributed by atoms with Gasteiger partial charge in [0.1, 0.15) is 0 Å². The maximum atomic E-state index is 9.85. The van der Waals surface area contributed by atoms with Gasteiger partial charge in [0.25, 0.3) is 0 Å². The molecule has 3 rings (SSSR count). The number of imidazole rings is 1. The van der Waals surface area contributed by atoms with E-state index in [0.717, 1.165) is 11.2 Å². The molecule has 3 N–H and O–H groups in total. The standard InChI is InChI=1S/C18H23N5O2S/c1-12(2)23-11-19-15-16(21-18(22-17(15)23)26-9-8-24)20-14(10-25)13-6-4-3-5-7-13/h3-7,11-12,14,24-25H,8-10H2,1-2H3,(H,20,21,22). The Hall–Kier alpha value is -2.16. The maximum Gasteiger partial charge on any atom is 0.191 e. The van der Waals surface area contributed by atoms with Crippen molar-refractivity contribution in [2.75, 3.05) is 24.3 Å². The number of aliphatic hydroxyl groups excluding tert-OH is 2. The van der Waals surface area contributed by atoms with Crippen LogP contribution >= 0.6 is 11.8 Å². The monoisotopic (exact) mass is 373 g/mol. The van der Waals surface area contributed by atoms with E-state index in [0.29, 0.717) is 22.2 Å². The van der Waals surface area contributed by atoms with E-state index in [-0.39, 0.29) is 25.3 Å². The number of benzene rings is 1. The zero-order chi connectivity index (χ0) is 18.5. The summed E-state index contributed by atoms with van der Waals surface area (Å²) in [5.74, 6) is 1.10.